The molecular weight excluding hydrogens is 347 g/mol. The van der Waals surface area contributed by atoms with E-state index in [1.807, 2.05) is 13.0 Å². The molecule has 1 aliphatic heterocycles. The molecule has 2 atom stereocenters. The summed E-state index contributed by atoms with van der Waals surface area (Å²) in [4.78, 5) is 26.5. The molecule has 0 aliphatic carbocycles. The third-order valence-corrected chi connectivity index (χ3v) is 4.56. The summed E-state index contributed by atoms with van der Waals surface area (Å²) in [5.41, 5.74) is 1.42. The van der Waals surface area contributed by atoms with E-state index in [2.05, 4.69) is 5.32 Å². The molecule has 142 valence electrons. The Labute approximate surface area is 158 Å². The molecule has 1 saturated heterocycles. The molecule has 27 heavy (non-hydrogen) atoms. The number of carbonyl (C=O) groups excluding carboxylic acids is 2. The quantitative estimate of drug-likeness (QED) is 0.880. The number of nitrogens with zero attached hydrogens (tertiary/aromatic N) is 1. The number of amides is 2. The first-order valence-electron chi connectivity index (χ1n) is 9.03. The lowest BCUT2D eigenvalue weighted by Crippen LogP contribution is -2.45. The van der Waals surface area contributed by atoms with E-state index in [9.17, 15) is 14.0 Å². The number of morpholine rings is 1. The summed E-state index contributed by atoms with van der Waals surface area (Å²) in [5.74, 6) is -0.529. The predicted octanol–water partition coefficient (Wildman–Crippen LogP) is 2.93. The Hall–Kier alpha value is -2.73. The zero-order chi connectivity index (χ0) is 19.2. The number of halogens is 1. The van der Waals surface area contributed by atoms with Crippen LogP contribution in [-0.4, -0.2) is 42.5 Å². The van der Waals surface area contributed by atoms with E-state index in [-0.39, 0.29) is 36.2 Å². The van der Waals surface area contributed by atoms with Crippen molar-refractivity contribution in [2.24, 2.45) is 0 Å². The second-order valence-electron chi connectivity index (χ2n) is 6.70. The van der Waals surface area contributed by atoms with Gasteiger partial charge < -0.3 is 15.0 Å². The average Bonchev–Trinajstić information content (AvgIpc) is 2.69. The Balaban J connectivity index is 1.54. The van der Waals surface area contributed by atoms with Crippen molar-refractivity contribution in [3.63, 3.8) is 0 Å². The highest BCUT2D eigenvalue weighted by atomic mass is 19.1. The average molecular weight is 370 g/mol. The van der Waals surface area contributed by atoms with Crippen LogP contribution in [0.15, 0.2) is 54.6 Å². The van der Waals surface area contributed by atoms with Gasteiger partial charge in [0.2, 0.25) is 5.91 Å². The van der Waals surface area contributed by atoms with Crippen LogP contribution in [0.2, 0.25) is 0 Å². The minimum atomic E-state index is -0.300. The number of rotatable bonds is 5. The summed E-state index contributed by atoms with van der Waals surface area (Å²) in [7, 11) is 0. The monoisotopic (exact) mass is 370 g/mol. The Morgan fingerprint density at radius 1 is 1.19 bits per heavy atom. The van der Waals surface area contributed by atoms with Crippen molar-refractivity contribution in [3.05, 3.63) is 71.5 Å². The third-order valence-electron chi connectivity index (χ3n) is 4.56. The highest BCUT2D eigenvalue weighted by Crippen LogP contribution is 2.23. The molecule has 2 aromatic rings. The fourth-order valence-electron chi connectivity index (χ4n) is 3.09. The minimum absolute atomic E-state index is 0.0359. The van der Waals surface area contributed by atoms with Crippen molar-refractivity contribution in [1.82, 2.24) is 10.2 Å². The molecule has 5 nitrogen and oxygen atoms in total. The Kier molecular flexibility index (Phi) is 6.19. The van der Waals surface area contributed by atoms with Gasteiger partial charge in [0.05, 0.1) is 13.2 Å². The molecule has 0 spiro atoms. The normalized spacial score (nSPS) is 18.0. The Morgan fingerprint density at radius 3 is 2.59 bits per heavy atom. The van der Waals surface area contributed by atoms with Crippen LogP contribution in [0.25, 0.3) is 0 Å². The summed E-state index contributed by atoms with van der Waals surface area (Å²) in [5, 5.41) is 2.86. The second-order valence-corrected chi connectivity index (χ2v) is 6.70. The van der Waals surface area contributed by atoms with Crippen LogP contribution in [0.4, 0.5) is 4.39 Å². The van der Waals surface area contributed by atoms with E-state index in [4.69, 9.17) is 4.74 Å². The van der Waals surface area contributed by atoms with Gasteiger partial charge in [0.25, 0.3) is 5.91 Å². The van der Waals surface area contributed by atoms with Crippen molar-refractivity contribution < 1.29 is 18.7 Å². The maximum atomic E-state index is 13.1. The lowest BCUT2D eigenvalue weighted by Gasteiger charge is -2.34. The van der Waals surface area contributed by atoms with Crippen molar-refractivity contribution in [3.8, 4) is 0 Å². The molecule has 1 fully saturated rings. The molecule has 1 heterocycles. The van der Waals surface area contributed by atoms with Gasteiger partial charge in [0.1, 0.15) is 11.9 Å². The zero-order valence-corrected chi connectivity index (χ0v) is 15.2. The first-order chi connectivity index (χ1) is 13.0. The molecule has 2 unspecified atom stereocenters. The van der Waals surface area contributed by atoms with Gasteiger partial charge in [-0.2, -0.15) is 0 Å². The van der Waals surface area contributed by atoms with Crippen LogP contribution >= 0.6 is 0 Å². The predicted molar refractivity (Wildman–Crippen MR) is 99.7 cm³/mol. The van der Waals surface area contributed by atoms with Gasteiger partial charge in [-0.15, -0.1) is 0 Å². The highest BCUT2D eigenvalue weighted by molar-refractivity contribution is 5.94. The molecule has 0 radical (unpaired) electrons. The molecule has 1 aliphatic rings. The number of benzene rings is 2. The summed E-state index contributed by atoms with van der Waals surface area (Å²) < 4.78 is 18.8. The van der Waals surface area contributed by atoms with Crippen molar-refractivity contribution >= 4 is 11.8 Å². The van der Waals surface area contributed by atoms with E-state index in [1.165, 1.54) is 12.1 Å². The number of nitrogens with one attached hydrogen (secondary N) is 1. The molecule has 2 aromatic carbocycles. The Morgan fingerprint density at radius 2 is 1.89 bits per heavy atom. The first-order valence-corrected chi connectivity index (χ1v) is 9.03. The SMILES string of the molecule is CC(CC(=O)N1CCOC(c2ccc(F)cc2)C1)NC(=O)c1ccccc1. The summed E-state index contributed by atoms with van der Waals surface area (Å²) in [6, 6.07) is 14.8. The molecule has 6 heteroatoms. The standard InChI is InChI=1S/C21H23FN2O3/c1-15(23-21(26)17-5-3-2-4-6-17)13-20(25)24-11-12-27-19(14-24)16-7-9-18(22)10-8-16/h2-10,15,19H,11-14H2,1H3,(H,23,26). The van der Waals surface area contributed by atoms with E-state index < -0.39 is 0 Å². The van der Waals surface area contributed by atoms with Gasteiger partial charge in [-0.3, -0.25) is 9.59 Å². The summed E-state index contributed by atoms with van der Waals surface area (Å²) >= 11 is 0. The van der Waals surface area contributed by atoms with E-state index in [0.29, 0.717) is 25.3 Å². The fourth-order valence-corrected chi connectivity index (χ4v) is 3.09. The molecule has 0 saturated carbocycles. The maximum absolute atomic E-state index is 13.1. The van der Waals surface area contributed by atoms with Gasteiger partial charge in [-0.25, -0.2) is 4.39 Å². The van der Waals surface area contributed by atoms with Crippen LogP contribution in [-0.2, 0) is 9.53 Å². The lowest BCUT2D eigenvalue weighted by molar-refractivity contribution is -0.139. The van der Waals surface area contributed by atoms with Crippen LogP contribution in [0.5, 0.6) is 0 Å². The largest absolute Gasteiger partial charge is 0.370 e. The highest BCUT2D eigenvalue weighted by Gasteiger charge is 2.26. The van der Waals surface area contributed by atoms with Gasteiger partial charge >= 0.3 is 0 Å². The summed E-state index contributed by atoms with van der Waals surface area (Å²) in [6.45, 7) is 3.18. The van der Waals surface area contributed by atoms with Gasteiger partial charge in [-0.1, -0.05) is 30.3 Å². The number of hydrogen-bond donors (Lipinski definition) is 1. The maximum Gasteiger partial charge on any atom is 0.251 e. The van der Waals surface area contributed by atoms with Crippen LogP contribution in [0.3, 0.4) is 0 Å². The number of carbonyl (C=O) groups is 2. The molecule has 2 amide bonds. The fraction of sp³-hybridized carbons (Fsp3) is 0.333. The lowest BCUT2D eigenvalue weighted by atomic mass is 10.1. The molecule has 3 rings (SSSR count). The van der Waals surface area contributed by atoms with E-state index >= 15 is 0 Å². The van der Waals surface area contributed by atoms with Gasteiger partial charge in [0.15, 0.2) is 0 Å². The number of hydrogen-bond acceptors (Lipinski definition) is 3. The summed E-state index contributed by atoms with van der Waals surface area (Å²) in [6.07, 6.45) is -0.0492. The Bertz CT molecular complexity index is 780. The van der Waals surface area contributed by atoms with E-state index in [1.54, 1.807) is 41.3 Å². The van der Waals surface area contributed by atoms with Gasteiger partial charge in [0, 0.05) is 24.6 Å². The molecule has 0 aromatic heterocycles. The van der Waals surface area contributed by atoms with Crippen molar-refractivity contribution in [1.29, 1.82) is 0 Å². The van der Waals surface area contributed by atoms with E-state index in [0.717, 1.165) is 5.56 Å². The molecule has 1 N–H and O–H groups in total. The second kappa shape index (κ2) is 8.77. The third kappa shape index (κ3) is 5.14. The zero-order valence-electron chi connectivity index (χ0n) is 15.2. The van der Waals surface area contributed by atoms with Crippen LogP contribution in [0, 0.1) is 5.82 Å². The minimum Gasteiger partial charge on any atom is -0.370 e. The van der Waals surface area contributed by atoms with Crippen molar-refractivity contribution in [2.75, 3.05) is 19.7 Å². The number of ether oxygens (including phenoxy) is 1. The van der Waals surface area contributed by atoms with Gasteiger partial charge in [-0.05, 0) is 36.8 Å². The molecule has 0 bridgehead atoms. The van der Waals surface area contributed by atoms with Crippen LogP contribution in [0.1, 0.15) is 35.4 Å². The topological polar surface area (TPSA) is 58.6 Å². The first kappa shape index (κ1) is 19.0. The smallest absolute Gasteiger partial charge is 0.251 e. The molecular formula is C21H23FN2O3. The van der Waals surface area contributed by atoms with Crippen molar-refractivity contribution in [2.45, 2.75) is 25.5 Å². The van der Waals surface area contributed by atoms with Crippen LogP contribution < -0.4 is 5.32 Å².